The van der Waals surface area contributed by atoms with Gasteiger partial charge in [0.25, 0.3) is 0 Å². The molecule has 0 N–H and O–H groups in total. The minimum atomic E-state index is -1.17. The molecule has 8 nitrogen and oxygen atoms in total. The van der Waals surface area contributed by atoms with Gasteiger partial charge < -0.3 is 9.47 Å². The molecule has 10 heteroatoms. The second-order valence-electron chi connectivity index (χ2n) is 10.6. The van der Waals surface area contributed by atoms with Crippen LogP contribution in [0.15, 0.2) is 36.8 Å². The number of fused-ring (bicyclic) bond motifs is 1. The van der Waals surface area contributed by atoms with Crippen LogP contribution in [0.25, 0.3) is 33.5 Å². The summed E-state index contributed by atoms with van der Waals surface area (Å²) in [5.41, 5.74) is 4.90. The van der Waals surface area contributed by atoms with Crippen molar-refractivity contribution in [3.05, 3.63) is 48.3 Å². The third kappa shape index (κ3) is 5.25. The average molecular weight is 509 g/mol. The van der Waals surface area contributed by atoms with Gasteiger partial charge in [-0.1, -0.05) is 19.6 Å². The van der Waals surface area contributed by atoms with Crippen LogP contribution in [0.2, 0.25) is 25.7 Å². The van der Waals surface area contributed by atoms with E-state index in [-0.39, 0.29) is 12.0 Å². The highest BCUT2D eigenvalue weighted by Gasteiger charge is 2.26. The number of aromatic nitrogens is 6. The van der Waals surface area contributed by atoms with E-state index < -0.39 is 8.07 Å². The minimum absolute atomic E-state index is 0.185. The molecule has 36 heavy (non-hydrogen) atoms. The van der Waals surface area contributed by atoms with E-state index in [1.165, 1.54) is 12.3 Å². The Balaban J connectivity index is 1.56. The van der Waals surface area contributed by atoms with Crippen LogP contribution in [0.1, 0.15) is 31.2 Å². The number of pyridine rings is 2. The number of halogens is 1. The number of ether oxygens (including phenoxy) is 2. The molecule has 0 spiro atoms. The number of hydrogen-bond donors (Lipinski definition) is 0. The van der Waals surface area contributed by atoms with E-state index >= 15 is 0 Å². The highest BCUT2D eigenvalue weighted by molar-refractivity contribution is 6.76. The number of hydrogen-bond acceptors (Lipinski definition) is 6. The van der Waals surface area contributed by atoms with Crippen molar-refractivity contribution >= 4 is 19.1 Å². The molecule has 1 aliphatic rings. The van der Waals surface area contributed by atoms with Gasteiger partial charge in [0.1, 0.15) is 12.5 Å². The Morgan fingerprint density at radius 3 is 2.69 bits per heavy atom. The number of rotatable bonds is 8. The second-order valence-corrected chi connectivity index (χ2v) is 16.2. The SMILES string of the molecule is Cc1cc(-c2cnn(C3CCCCO3)c2-c2ccc(F)cn2)c2cnn(COCC[Si](C)(C)C)c2n1. The molecule has 5 heterocycles. The molecule has 0 bridgehead atoms. The van der Waals surface area contributed by atoms with E-state index in [1.54, 1.807) is 10.7 Å². The fourth-order valence-corrected chi connectivity index (χ4v) is 5.24. The first-order valence-electron chi connectivity index (χ1n) is 12.5. The third-order valence-electron chi connectivity index (χ3n) is 6.43. The van der Waals surface area contributed by atoms with Crippen LogP contribution in [-0.4, -0.2) is 50.8 Å². The number of nitrogens with zero attached hydrogens (tertiary/aromatic N) is 6. The molecule has 0 amide bonds. The van der Waals surface area contributed by atoms with E-state index in [9.17, 15) is 4.39 Å². The van der Waals surface area contributed by atoms with E-state index in [4.69, 9.17) is 19.6 Å². The van der Waals surface area contributed by atoms with Crippen LogP contribution in [0.3, 0.4) is 0 Å². The lowest BCUT2D eigenvalue weighted by atomic mass is 10.0. The summed E-state index contributed by atoms with van der Waals surface area (Å²) in [5, 5.41) is 10.2. The molecular weight excluding hydrogens is 475 g/mol. The molecule has 0 saturated carbocycles. The zero-order valence-electron chi connectivity index (χ0n) is 21.4. The molecular formula is C26H33FN6O2Si. The maximum Gasteiger partial charge on any atom is 0.161 e. The third-order valence-corrected chi connectivity index (χ3v) is 8.14. The first-order valence-corrected chi connectivity index (χ1v) is 16.2. The predicted molar refractivity (Wildman–Crippen MR) is 140 cm³/mol. The van der Waals surface area contributed by atoms with Crippen molar-refractivity contribution in [3.63, 3.8) is 0 Å². The van der Waals surface area contributed by atoms with Gasteiger partial charge in [0.15, 0.2) is 11.9 Å². The van der Waals surface area contributed by atoms with Gasteiger partial charge in [0.2, 0.25) is 0 Å². The summed E-state index contributed by atoms with van der Waals surface area (Å²) in [6.07, 6.45) is 7.70. The summed E-state index contributed by atoms with van der Waals surface area (Å²) in [5.74, 6) is -0.377. The van der Waals surface area contributed by atoms with Crippen LogP contribution < -0.4 is 0 Å². The lowest BCUT2D eigenvalue weighted by molar-refractivity contribution is -0.0383. The van der Waals surface area contributed by atoms with Crippen LogP contribution in [0, 0.1) is 12.7 Å². The summed E-state index contributed by atoms with van der Waals surface area (Å²) in [7, 11) is -1.17. The van der Waals surface area contributed by atoms with Crippen molar-refractivity contribution in [2.75, 3.05) is 13.2 Å². The number of aryl methyl sites for hydroxylation is 1. The fraction of sp³-hybridized carbons (Fsp3) is 0.462. The lowest BCUT2D eigenvalue weighted by Crippen LogP contribution is -2.22. The van der Waals surface area contributed by atoms with Crippen LogP contribution in [-0.2, 0) is 16.2 Å². The smallest absolute Gasteiger partial charge is 0.161 e. The first kappa shape index (κ1) is 24.7. The molecule has 1 fully saturated rings. The van der Waals surface area contributed by atoms with Crippen molar-refractivity contribution in [1.29, 1.82) is 0 Å². The van der Waals surface area contributed by atoms with Gasteiger partial charge in [-0.3, -0.25) is 4.98 Å². The van der Waals surface area contributed by atoms with Gasteiger partial charge in [0, 0.05) is 37.9 Å². The summed E-state index contributed by atoms with van der Waals surface area (Å²) in [6.45, 7) is 10.7. The van der Waals surface area contributed by atoms with Gasteiger partial charge in [-0.05, 0) is 56.0 Å². The molecule has 0 radical (unpaired) electrons. The largest absolute Gasteiger partial charge is 0.359 e. The van der Waals surface area contributed by atoms with Crippen molar-refractivity contribution in [2.24, 2.45) is 0 Å². The van der Waals surface area contributed by atoms with Crippen molar-refractivity contribution in [2.45, 2.75) is 64.8 Å². The summed E-state index contributed by atoms with van der Waals surface area (Å²) < 4.78 is 29.4. The van der Waals surface area contributed by atoms with E-state index in [0.29, 0.717) is 25.6 Å². The summed E-state index contributed by atoms with van der Waals surface area (Å²) >= 11 is 0. The Morgan fingerprint density at radius 2 is 1.97 bits per heavy atom. The van der Waals surface area contributed by atoms with Crippen molar-refractivity contribution in [1.82, 2.24) is 29.5 Å². The topological polar surface area (TPSA) is 79.9 Å². The molecule has 0 aliphatic carbocycles. The predicted octanol–water partition coefficient (Wildman–Crippen LogP) is 5.82. The highest BCUT2D eigenvalue weighted by Crippen LogP contribution is 2.38. The second kappa shape index (κ2) is 10.2. The fourth-order valence-electron chi connectivity index (χ4n) is 4.48. The van der Waals surface area contributed by atoms with Gasteiger partial charge >= 0.3 is 0 Å². The van der Waals surface area contributed by atoms with E-state index in [1.807, 2.05) is 30.1 Å². The van der Waals surface area contributed by atoms with E-state index in [2.05, 4.69) is 29.7 Å². The molecule has 190 valence electrons. The minimum Gasteiger partial charge on any atom is -0.359 e. The zero-order valence-corrected chi connectivity index (χ0v) is 22.4. The van der Waals surface area contributed by atoms with Gasteiger partial charge in [0.05, 0.1) is 30.0 Å². The van der Waals surface area contributed by atoms with Gasteiger partial charge in [-0.25, -0.2) is 18.7 Å². The lowest BCUT2D eigenvalue weighted by Gasteiger charge is -2.24. The molecule has 1 saturated heterocycles. The summed E-state index contributed by atoms with van der Waals surface area (Å²) in [6, 6.07) is 6.25. The van der Waals surface area contributed by atoms with E-state index in [0.717, 1.165) is 58.9 Å². The average Bonchev–Trinajstić information content (AvgIpc) is 3.46. The van der Waals surface area contributed by atoms with Crippen molar-refractivity contribution in [3.8, 4) is 22.5 Å². The Kier molecular flexibility index (Phi) is 7.00. The Morgan fingerprint density at radius 1 is 1.11 bits per heavy atom. The summed E-state index contributed by atoms with van der Waals surface area (Å²) in [4.78, 5) is 9.17. The Bertz CT molecular complexity index is 1340. The monoisotopic (exact) mass is 508 g/mol. The molecule has 1 aliphatic heterocycles. The maximum absolute atomic E-state index is 13.7. The maximum atomic E-state index is 13.7. The molecule has 1 atom stereocenters. The van der Waals surface area contributed by atoms with Crippen molar-refractivity contribution < 1.29 is 13.9 Å². The highest BCUT2D eigenvalue weighted by atomic mass is 28.3. The molecule has 5 rings (SSSR count). The Hall–Kier alpha value is -2.95. The van der Waals surface area contributed by atoms with Crippen LogP contribution in [0.4, 0.5) is 4.39 Å². The normalized spacial score (nSPS) is 16.6. The van der Waals surface area contributed by atoms with Gasteiger partial charge in [-0.15, -0.1) is 0 Å². The van der Waals surface area contributed by atoms with Gasteiger partial charge in [-0.2, -0.15) is 10.2 Å². The zero-order chi connectivity index (χ0) is 25.3. The molecule has 4 aromatic rings. The molecule has 1 unspecified atom stereocenters. The Labute approximate surface area is 211 Å². The molecule has 4 aromatic heterocycles. The first-order chi connectivity index (χ1) is 17.3. The standard InChI is InChI=1S/C26H33FN6O2Si/c1-18-13-20(22-16-29-32(26(22)31-18)17-34-11-12-36(2,3)4)21-15-30-33(24-7-5-6-10-35-24)25(21)23-9-8-19(27)14-28-23/h8-9,13-16,24H,5-7,10-12,17H2,1-4H3. The van der Waals surface area contributed by atoms with Crippen LogP contribution in [0.5, 0.6) is 0 Å². The quantitative estimate of drug-likeness (QED) is 0.221. The molecule has 0 aromatic carbocycles. The van der Waals surface area contributed by atoms with Crippen LogP contribution >= 0.6 is 0 Å².